The molecule has 1 fully saturated rings. The number of nitrogens with one attached hydrogen (secondary N) is 2. The fourth-order valence-corrected chi connectivity index (χ4v) is 3.08. The molecule has 0 saturated carbocycles. The minimum Gasteiger partial charge on any atom is -0.369 e. The van der Waals surface area contributed by atoms with Gasteiger partial charge in [0.2, 0.25) is 5.91 Å². The van der Waals surface area contributed by atoms with E-state index in [1.165, 1.54) is 6.42 Å². The maximum atomic E-state index is 11.3. The first-order valence-electron chi connectivity index (χ1n) is 9.41. The van der Waals surface area contributed by atoms with Gasteiger partial charge in [0.05, 0.1) is 5.92 Å². The number of nitrogens with two attached hydrogens (primary N) is 1. The van der Waals surface area contributed by atoms with E-state index >= 15 is 0 Å². The molecule has 140 valence electrons. The number of likely N-dealkylation sites (tertiary alicyclic amines) is 1. The van der Waals surface area contributed by atoms with E-state index in [9.17, 15) is 4.79 Å². The molecule has 4 N–H and O–H groups in total. The minimum atomic E-state index is -0.155. The highest BCUT2D eigenvalue weighted by molar-refractivity contribution is 5.79. The van der Waals surface area contributed by atoms with Gasteiger partial charge in [-0.1, -0.05) is 13.8 Å². The fraction of sp³-hybridized carbons (Fsp3) is 0.889. The maximum absolute atomic E-state index is 11.3. The second-order valence-corrected chi connectivity index (χ2v) is 7.41. The number of aliphatic imine (C=N–C) groups is 1. The second-order valence-electron chi connectivity index (χ2n) is 7.41. The van der Waals surface area contributed by atoms with Crippen molar-refractivity contribution in [2.45, 2.75) is 58.9 Å². The van der Waals surface area contributed by atoms with Crippen LogP contribution in [0.5, 0.6) is 0 Å². The number of guanidine groups is 1. The minimum absolute atomic E-state index is 0.0305. The van der Waals surface area contributed by atoms with Crippen LogP contribution < -0.4 is 16.4 Å². The molecule has 1 aliphatic rings. The summed E-state index contributed by atoms with van der Waals surface area (Å²) in [6.07, 6.45) is 5.42. The van der Waals surface area contributed by atoms with E-state index < -0.39 is 0 Å². The monoisotopic (exact) mass is 339 g/mol. The van der Waals surface area contributed by atoms with Crippen LogP contribution in [0.2, 0.25) is 0 Å². The van der Waals surface area contributed by atoms with Gasteiger partial charge in [0.15, 0.2) is 5.96 Å². The van der Waals surface area contributed by atoms with Crippen LogP contribution in [-0.2, 0) is 4.79 Å². The van der Waals surface area contributed by atoms with Gasteiger partial charge in [-0.3, -0.25) is 9.79 Å². The van der Waals surface area contributed by atoms with Gasteiger partial charge >= 0.3 is 0 Å². The summed E-state index contributed by atoms with van der Waals surface area (Å²) < 4.78 is 0. The molecule has 1 heterocycles. The van der Waals surface area contributed by atoms with Crippen LogP contribution in [-0.4, -0.2) is 56.0 Å². The summed E-state index contributed by atoms with van der Waals surface area (Å²) >= 11 is 0. The molecule has 0 spiro atoms. The molecule has 1 aliphatic heterocycles. The third-order valence-electron chi connectivity index (χ3n) is 4.64. The second kappa shape index (κ2) is 11.3. The number of piperidine rings is 1. The molecule has 0 bridgehead atoms. The standard InChI is InChI=1S/C18H37N5O/c1-14(2)8-9-15(3)22-18(20-4)21-10-6-12-23-11-5-7-16(13-23)17(19)24/h14-16H,5-13H2,1-4H3,(H2,19,24)(H2,20,21,22). The molecular formula is C18H37N5O. The zero-order valence-electron chi connectivity index (χ0n) is 16.0. The molecule has 6 nitrogen and oxygen atoms in total. The largest absolute Gasteiger partial charge is 0.369 e. The van der Waals surface area contributed by atoms with E-state index in [1.54, 1.807) is 0 Å². The average molecular weight is 340 g/mol. The Labute approximate surface area is 147 Å². The molecule has 1 amide bonds. The van der Waals surface area contributed by atoms with Gasteiger partial charge in [0.1, 0.15) is 0 Å². The van der Waals surface area contributed by atoms with Gasteiger partial charge in [0, 0.05) is 26.2 Å². The van der Waals surface area contributed by atoms with Gasteiger partial charge in [-0.25, -0.2) is 0 Å². The van der Waals surface area contributed by atoms with E-state index in [4.69, 9.17) is 5.73 Å². The first kappa shape index (κ1) is 20.7. The number of amides is 1. The maximum Gasteiger partial charge on any atom is 0.221 e. The number of primary amides is 1. The molecule has 6 heteroatoms. The molecule has 1 saturated heterocycles. The smallest absolute Gasteiger partial charge is 0.221 e. The first-order valence-corrected chi connectivity index (χ1v) is 9.41. The van der Waals surface area contributed by atoms with Crippen LogP contribution in [0.1, 0.15) is 52.9 Å². The van der Waals surface area contributed by atoms with Crippen molar-refractivity contribution in [2.75, 3.05) is 33.2 Å². The summed E-state index contributed by atoms with van der Waals surface area (Å²) in [5.74, 6) is 1.48. The van der Waals surface area contributed by atoms with Crippen molar-refractivity contribution >= 4 is 11.9 Å². The lowest BCUT2D eigenvalue weighted by Crippen LogP contribution is -2.44. The van der Waals surface area contributed by atoms with Gasteiger partial charge in [-0.2, -0.15) is 0 Å². The van der Waals surface area contributed by atoms with Gasteiger partial charge in [0.25, 0.3) is 0 Å². The first-order chi connectivity index (χ1) is 11.4. The highest BCUT2D eigenvalue weighted by atomic mass is 16.1. The van der Waals surface area contributed by atoms with Crippen molar-refractivity contribution in [1.29, 1.82) is 0 Å². The highest BCUT2D eigenvalue weighted by Crippen LogP contribution is 2.15. The normalized spacial score (nSPS) is 20.9. The van der Waals surface area contributed by atoms with Crippen molar-refractivity contribution in [2.24, 2.45) is 22.6 Å². The molecular weight excluding hydrogens is 302 g/mol. The number of carbonyl (C=O) groups is 1. The predicted octanol–water partition coefficient (Wildman–Crippen LogP) is 1.56. The molecule has 24 heavy (non-hydrogen) atoms. The Morgan fingerprint density at radius 3 is 2.71 bits per heavy atom. The molecule has 0 radical (unpaired) electrons. The lowest BCUT2D eigenvalue weighted by Gasteiger charge is -2.31. The summed E-state index contributed by atoms with van der Waals surface area (Å²) in [5, 5.41) is 6.83. The summed E-state index contributed by atoms with van der Waals surface area (Å²) in [4.78, 5) is 18.0. The molecule has 0 aromatic heterocycles. The lowest BCUT2D eigenvalue weighted by atomic mass is 9.97. The predicted molar refractivity (Wildman–Crippen MR) is 101 cm³/mol. The topological polar surface area (TPSA) is 82.8 Å². The Kier molecular flexibility index (Phi) is 9.76. The summed E-state index contributed by atoms with van der Waals surface area (Å²) in [6, 6.07) is 0.428. The number of nitrogens with zero attached hydrogens (tertiary/aromatic N) is 2. The fourth-order valence-electron chi connectivity index (χ4n) is 3.08. The number of hydrogen-bond acceptors (Lipinski definition) is 3. The van der Waals surface area contributed by atoms with Crippen molar-refractivity contribution < 1.29 is 4.79 Å². The van der Waals surface area contributed by atoms with Crippen molar-refractivity contribution in [3.63, 3.8) is 0 Å². The van der Waals surface area contributed by atoms with Crippen LogP contribution in [0.15, 0.2) is 4.99 Å². The van der Waals surface area contributed by atoms with Crippen LogP contribution in [0, 0.1) is 11.8 Å². The van der Waals surface area contributed by atoms with Gasteiger partial charge in [-0.15, -0.1) is 0 Å². The number of rotatable bonds is 9. The van der Waals surface area contributed by atoms with Crippen LogP contribution in [0.3, 0.4) is 0 Å². The molecule has 0 aliphatic carbocycles. The Morgan fingerprint density at radius 1 is 1.33 bits per heavy atom. The number of carbonyl (C=O) groups excluding carboxylic acids is 1. The van der Waals surface area contributed by atoms with E-state index in [2.05, 4.69) is 41.3 Å². The third-order valence-corrected chi connectivity index (χ3v) is 4.64. The van der Waals surface area contributed by atoms with Crippen LogP contribution in [0.4, 0.5) is 0 Å². The van der Waals surface area contributed by atoms with Crippen molar-refractivity contribution in [3.8, 4) is 0 Å². The van der Waals surface area contributed by atoms with E-state index in [1.807, 2.05) is 7.05 Å². The summed E-state index contributed by atoms with van der Waals surface area (Å²) in [7, 11) is 1.81. The molecule has 1 rings (SSSR count). The van der Waals surface area contributed by atoms with Crippen LogP contribution in [0.25, 0.3) is 0 Å². The van der Waals surface area contributed by atoms with Crippen LogP contribution >= 0.6 is 0 Å². The molecule has 0 aromatic carbocycles. The van der Waals surface area contributed by atoms with Gasteiger partial charge < -0.3 is 21.3 Å². The average Bonchev–Trinajstić information content (AvgIpc) is 2.55. The Balaban J connectivity index is 2.19. The number of hydrogen-bond donors (Lipinski definition) is 3. The zero-order valence-corrected chi connectivity index (χ0v) is 16.0. The van der Waals surface area contributed by atoms with E-state index in [0.717, 1.165) is 63.7 Å². The SMILES string of the molecule is CN=C(NCCCN1CCCC(C(N)=O)C1)NC(C)CCC(C)C. The summed E-state index contributed by atoms with van der Waals surface area (Å²) in [5.41, 5.74) is 5.43. The lowest BCUT2D eigenvalue weighted by molar-refractivity contribution is -0.123. The Morgan fingerprint density at radius 2 is 2.08 bits per heavy atom. The van der Waals surface area contributed by atoms with Crippen molar-refractivity contribution in [1.82, 2.24) is 15.5 Å². The molecule has 2 unspecified atom stereocenters. The van der Waals surface area contributed by atoms with E-state index in [0.29, 0.717) is 6.04 Å². The third kappa shape index (κ3) is 8.52. The van der Waals surface area contributed by atoms with E-state index in [-0.39, 0.29) is 11.8 Å². The quantitative estimate of drug-likeness (QED) is 0.338. The summed E-state index contributed by atoms with van der Waals surface area (Å²) in [6.45, 7) is 10.5. The zero-order chi connectivity index (χ0) is 17.9. The molecule has 0 aromatic rings. The Bertz CT molecular complexity index is 397. The van der Waals surface area contributed by atoms with Gasteiger partial charge in [-0.05, 0) is 58.0 Å². The Hall–Kier alpha value is -1.30. The highest BCUT2D eigenvalue weighted by Gasteiger charge is 2.23. The van der Waals surface area contributed by atoms with Crippen molar-refractivity contribution in [3.05, 3.63) is 0 Å². The molecule has 2 atom stereocenters.